The summed E-state index contributed by atoms with van der Waals surface area (Å²) in [5.41, 5.74) is 2.39. The number of ether oxygens (including phenoxy) is 2. The molecule has 0 atom stereocenters. The molecular formula is C30H30N2O8Si. The number of hydrogen-bond donors (Lipinski definition) is 0. The Labute approximate surface area is 238 Å². The highest BCUT2D eigenvalue weighted by Gasteiger charge is 2.28. The summed E-state index contributed by atoms with van der Waals surface area (Å²) in [5.74, 6) is 0.751. The van der Waals surface area contributed by atoms with Crippen molar-refractivity contribution in [3.8, 4) is 11.5 Å². The minimum atomic E-state index is -2.84. The Morgan fingerprint density at radius 2 is 0.976 bits per heavy atom. The third-order valence-electron chi connectivity index (χ3n) is 6.15. The summed E-state index contributed by atoms with van der Waals surface area (Å²) in [5, 5.41) is 23.5. The molecule has 0 amide bonds. The van der Waals surface area contributed by atoms with Gasteiger partial charge in [0.1, 0.15) is 24.7 Å². The number of nitro groups is 2. The van der Waals surface area contributed by atoms with Gasteiger partial charge in [-0.2, -0.15) is 0 Å². The van der Waals surface area contributed by atoms with E-state index in [0.29, 0.717) is 22.6 Å². The summed E-state index contributed by atoms with van der Waals surface area (Å²) < 4.78 is 23.4. The van der Waals surface area contributed by atoms with Gasteiger partial charge in [0.05, 0.1) is 46.3 Å². The van der Waals surface area contributed by atoms with E-state index in [2.05, 4.69) is 0 Å². The third kappa shape index (κ3) is 8.70. The fraction of sp³-hybridized carbons (Fsp3) is 0.200. The van der Waals surface area contributed by atoms with E-state index < -0.39 is 18.4 Å². The Morgan fingerprint density at radius 3 is 1.34 bits per heavy atom. The normalized spacial score (nSPS) is 11.2. The molecule has 4 aromatic rings. The van der Waals surface area contributed by atoms with Crippen molar-refractivity contribution in [2.75, 3.05) is 0 Å². The molecule has 0 heterocycles. The summed E-state index contributed by atoms with van der Waals surface area (Å²) >= 11 is 0. The summed E-state index contributed by atoms with van der Waals surface area (Å²) in [6.07, 6.45) is 0. The molecule has 10 nitrogen and oxygen atoms in total. The summed E-state index contributed by atoms with van der Waals surface area (Å²) in [6, 6.07) is 28.3. The van der Waals surface area contributed by atoms with Gasteiger partial charge >= 0.3 is 8.56 Å². The zero-order chi connectivity index (χ0) is 29.2. The predicted octanol–water partition coefficient (Wildman–Crippen LogP) is 7.10. The van der Waals surface area contributed by atoms with E-state index in [0.717, 1.165) is 11.1 Å². The van der Waals surface area contributed by atoms with Crippen LogP contribution in [0.5, 0.6) is 11.5 Å². The van der Waals surface area contributed by atoms with Crippen LogP contribution in [0.4, 0.5) is 11.4 Å². The molecule has 0 fully saturated rings. The van der Waals surface area contributed by atoms with Gasteiger partial charge in [0, 0.05) is 0 Å². The molecule has 0 aromatic heterocycles. The first-order valence-corrected chi connectivity index (χ1v) is 15.7. The van der Waals surface area contributed by atoms with E-state index >= 15 is 0 Å². The molecule has 0 saturated carbocycles. The lowest BCUT2D eigenvalue weighted by molar-refractivity contribution is -0.386. The zero-order valence-electron chi connectivity index (χ0n) is 22.7. The molecule has 0 aliphatic rings. The van der Waals surface area contributed by atoms with Gasteiger partial charge in [0.25, 0.3) is 11.4 Å². The lowest BCUT2D eigenvalue weighted by Crippen LogP contribution is -2.34. The van der Waals surface area contributed by atoms with Crippen LogP contribution in [0.1, 0.15) is 22.3 Å². The second kappa shape index (κ2) is 13.7. The van der Waals surface area contributed by atoms with E-state index in [4.69, 9.17) is 18.3 Å². The Kier molecular flexibility index (Phi) is 9.80. The van der Waals surface area contributed by atoms with Crippen molar-refractivity contribution in [3.05, 3.63) is 140 Å². The molecular weight excluding hydrogens is 544 g/mol. The maximum absolute atomic E-state index is 11.7. The fourth-order valence-electron chi connectivity index (χ4n) is 3.88. The molecule has 4 aromatic carbocycles. The van der Waals surface area contributed by atoms with E-state index in [9.17, 15) is 20.2 Å². The van der Waals surface area contributed by atoms with Crippen LogP contribution in [0.3, 0.4) is 0 Å². The topological polar surface area (TPSA) is 123 Å². The van der Waals surface area contributed by atoms with Crippen LogP contribution >= 0.6 is 0 Å². The number of nitro benzene ring substituents is 2. The SMILES string of the molecule is C[Si](C)(OCc1ccc(OCc2ccccc2)cc1[N+](=O)[O-])OCc1ccc(OCc2ccccc2)cc1[N+](=O)[O-]. The molecule has 0 aliphatic carbocycles. The van der Waals surface area contributed by atoms with Crippen LogP contribution in [-0.4, -0.2) is 18.4 Å². The van der Waals surface area contributed by atoms with E-state index in [1.54, 1.807) is 37.4 Å². The second-order valence-corrected chi connectivity index (χ2v) is 13.0. The highest BCUT2D eigenvalue weighted by atomic mass is 28.4. The van der Waals surface area contributed by atoms with Gasteiger partial charge < -0.3 is 18.3 Å². The molecule has 0 radical (unpaired) electrons. The van der Waals surface area contributed by atoms with Gasteiger partial charge in [-0.05, 0) is 48.5 Å². The standard InChI is InChI=1S/C30H30N2O8Si/c1-41(2,39-21-25-13-15-27(17-29(25)31(33)34)37-19-23-9-5-3-6-10-23)40-22-26-14-16-28(18-30(26)32(35)36)38-20-24-11-7-4-8-12-24/h3-18H,19-22H2,1-2H3. The average Bonchev–Trinajstić information content (AvgIpc) is 2.98. The zero-order valence-corrected chi connectivity index (χ0v) is 23.7. The van der Waals surface area contributed by atoms with Crippen LogP contribution in [0.2, 0.25) is 13.1 Å². The quantitative estimate of drug-likeness (QED) is 0.0888. The minimum Gasteiger partial charge on any atom is -0.489 e. The second-order valence-electron chi connectivity index (χ2n) is 9.62. The van der Waals surface area contributed by atoms with Crippen molar-refractivity contribution >= 4 is 19.9 Å². The lowest BCUT2D eigenvalue weighted by atomic mass is 10.2. The molecule has 41 heavy (non-hydrogen) atoms. The summed E-state index contributed by atoms with van der Waals surface area (Å²) in [7, 11) is -2.84. The van der Waals surface area contributed by atoms with E-state index in [1.165, 1.54) is 12.1 Å². The summed E-state index contributed by atoms with van der Waals surface area (Å²) in [4.78, 5) is 22.5. The number of benzene rings is 4. The Balaban J connectivity index is 1.36. The average molecular weight is 575 g/mol. The first-order valence-electron chi connectivity index (χ1n) is 12.9. The molecule has 11 heteroatoms. The van der Waals surface area contributed by atoms with Gasteiger partial charge in [0.15, 0.2) is 0 Å². The molecule has 0 N–H and O–H groups in total. The number of nitrogens with zero attached hydrogens (tertiary/aromatic N) is 2. The highest BCUT2D eigenvalue weighted by Crippen LogP contribution is 2.29. The van der Waals surface area contributed by atoms with E-state index in [1.807, 2.05) is 60.7 Å². The molecule has 4 rings (SSSR count). The molecule has 0 unspecified atom stereocenters. The maximum atomic E-state index is 11.7. The lowest BCUT2D eigenvalue weighted by Gasteiger charge is -2.23. The van der Waals surface area contributed by atoms with Gasteiger partial charge in [-0.3, -0.25) is 20.2 Å². The molecule has 0 saturated heterocycles. The Morgan fingerprint density at radius 1 is 0.585 bits per heavy atom. The third-order valence-corrected chi connectivity index (χ3v) is 7.83. The van der Waals surface area contributed by atoms with Crippen molar-refractivity contribution in [2.45, 2.75) is 39.5 Å². The maximum Gasteiger partial charge on any atom is 0.332 e. The fourth-order valence-corrected chi connectivity index (χ4v) is 4.97. The highest BCUT2D eigenvalue weighted by molar-refractivity contribution is 6.64. The molecule has 0 aliphatic heterocycles. The van der Waals surface area contributed by atoms with Crippen molar-refractivity contribution in [3.63, 3.8) is 0 Å². The number of rotatable bonds is 14. The van der Waals surface area contributed by atoms with Gasteiger partial charge in [-0.25, -0.2) is 0 Å². The van der Waals surface area contributed by atoms with Crippen molar-refractivity contribution < 1.29 is 28.2 Å². The van der Waals surface area contributed by atoms with Crippen LogP contribution in [-0.2, 0) is 35.3 Å². The monoisotopic (exact) mass is 574 g/mol. The number of hydrogen-bond acceptors (Lipinski definition) is 8. The van der Waals surface area contributed by atoms with Crippen LogP contribution in [0.25, 0.3) is 0 Å². The van der Waals surface area contributed by atoms with Gasteiger partial charge in [-0.1, -0.05) is 60.7 Å². The Hall–Kier alpha value is -4.58. The smallest absolute Gasteiger partial charge is 0.332 e. The minimum absolute atomic E-state index is 0.0527. The molecule has 0 spiro atoms. The molecule has 0 bridgehead atoms. The molecule has 212 valence electrons. The van der Waals surface area contributed by atoms with Crippen LogP contribution < -0.4 is 9.47 Å². The Bertz CT molecular complexity index is 1370. The largest absolute Gasteiger partial charge is 0.489 e. The van der Waals surface area contributed by atoms with Crippen molar-refractivity contribution in [2.24, 2.45) is 0 Å². The first kappa shape index (κ1) is 29.4. The van der Waals surface area contributed by atoms with Crippen LogP contribution in [0.15, 0.2) is 97.1 Å². The van der Waals surface area contributed by atoms with Crippen molar-refractivity contribution in [1.29, 1.82) is 0 Å². The summed E-state index contributed by atoms with van der Waals surface area (Å²) in [6.45, 7) is 4.02. The predicted molar refractivity (Wildman–Crippen MR) is 155 cm³/mol. The first-order chi connectivity index (χ1) is 19.7. The van der Waals surface area contributed by atoms with Crippen molar-refractivity contribution in [1.82, 2.24) is 0 Å². The van der Waals surface area contributed by atoms with E-state index in [-0.39, 0.29) is 37.8 Å². The van der Waals surface area contributed by atoms with Crippen LogP contribution in [0, 0.1) is 20.2 Å². The van der Waals surface area contributed by atoms with Gasteiger partial charge in [0.2, 0.25) is 0 Å². The van der Waals surface area contributed by atoms with Gasteiger partial charge in [-0.15, -0.1) is 0 Å².